The van der Waals surface area contributed by atoms with Gasteiger partial charge in [0.2, 0.25) is 5.91 Å². The minimum atomic E-state index is -0.238. The molecule has 1 saturated heterocycles. The fourth-order valence-electron chi connectivity index (χ4n) is 3.40. The fraction of sp³-hybridized carbons (Fsp3) is 0.263. The zero-order valence-electron chi connectivity index (χ0n) is 13.7. The molecule has 2 aliphatic rings. The Bertz CT molecular complexity index is 844. The lowest BCUT2D eigenvalue weighted by Gasteiger charge is -2.36. The van der Waals surface area contributed by atoms with Crippen LogP contribution in [0.4, 0.5) is 15.8 Å². The summed E-state index contributed by atoms with van der Waals surface area (Å²) in [5, 5.41) is 2.77. The van der Waals surface area contributed by atoms with E-state index in [4.69, 9.17) is 0 Å². The van der Waals surface area contributed by atoms with E-state index >= 15 is 0 Å². The quantitative estimate of drug-likeness (QED) is 0.913. The first kappa shape index (κ1) is 15.6. The van der Waals surface area contributed by atoms with Crippen molar-refractivity contribution in [3.05, 3.63) is 59.4 Å². The van der Waals surface area contributed by atoms with Gasteiger partial charge in [-0.15, -0.1) is 0 Å². The molecule has 2 aromatic rings. The molecule has 0 aromatic heterocycles. The van der Waals surface area contributed by atoms with Gasteiger partial charge in [0.05, 0.1) is 12.1 Å². The van der Waals surface area contributed by atoms with Crippen LogP contribution in [0.3, 0.4) is 0 Å². The molecule has 4 rings (SSSR count). The summed E-state index contributed by atoms with van der Waals surface area (Å²) in [5.41, 5.74) is 2.82. The number of carbonyl (C=O) groups is 2. The third kappa shape index (κ3) is 2.95. The van der Waals surface area contributed by atoms with Gasteiger partial charge in [-0.05, 0) is 35.9 Å². The van der Waals surface area contributed by atoms with Gasteiger partial charge >= 0.3 is 0 Å². The average molecular weight is 339 g/mol. The molecule has 0 saturated carbocycles. The molecule has 6 heteroatoms. The van der Waals surface area contributed by atoms with Crippen LogP contribution in [0, 0.1) is 5.82 Å². The van der Waals surface area contributed by atoms with Crippen molar-refractivity contribution in [3.63, 3.8) is 0 Å². The minimum absolute atomic E-state index is 0.0434. The summed E-state index contributed by atoms with van der Waals surface area (Å²) in [5.74, 6) is -0.327. The van der Waals surface area contributed by atoms with Crippen molar-refractivity contribution >= 4 is 23.2 Å². The van der Waals surface area contributed by atoms with Gasteiger partial charge in [0, 0.05) is 37.4 Å². The molecule has 0 atom stereocenters. The zero-order chi connectivity index (χ0) is 17.4. The van der Waals surface area contributed by atoms with Crippen molar-refractivity contribution in [2.24, 2.45) is 0 Å². The molecule has 1 fully saturated rings. The maximum absolute atomic E-state index is 13.9. The highest BCUT2D eigenvalue weighted by molar-refractivity contribution is 6.01. The first-order valence-electron chi connectivity index (χ1n) is 8.33. The molecule has 2 aliphatic heterocycles. The van der Waals surface area contributed by atoms with Crippen LogP contribution in [0.5, 0.6) is 0 Å². The summed E-state index contributed by atoms with van der Waals surface area (Å²) in [6, 6.07) is 12.0. The van der Waals surface area contributed by atoms with Gasteiger partial charge in [0.1, 0.15) is 5.82 Å². The number of hydrogen-bond acceptors (Lipinski definition) is 3. The van der Waals surface area contributed by atoms with E-state index in [1.807, 2.05) is 11.0 Å². The van der Waals surface area contributed by atoms with Crippen LogP contribution in [-0.2, 0) is 11.2 Å². The van der Waals surface area contributed by atoms with Crippen molar-refractivity contribution in [1.82, 2.24) is 4.90 Å². The van der Waals surface area contributed by atoms with Crippen LogP contribution in [0.2, 0.25) is 0 Å². The van der Waals surface area contributed by atoms with Crippen LogP contribution in [0.25, 0.3) is 0 Å². The molecule has 5 nitrogen and oxygen atoms in total. The number of para-hydroxylation sites is 1. The highest BCUT2D eigenvalue weighted by atomic mass is 19.1. The molecular weight excluding hydrogens is 321 g/mol. The molecule has 25 heavy (non-hydrogen) atoms. The number of carbonyl (C=O) groups excluding carboxylic acids is 2. The maximum Gasteiger partial charge on any atom is 0.253 e. The van der Waals surface area contributed by atoms with Crippen molar-refractivity contribution < 1.29 is 14.0 Å². The standard InChI is InChI=1S/C19H18FN3O2/c20-15-3-1-2-4-17(15)22-7-9-23(10-8-22)19(25)13-5-6-16-14(11-13)12-18(24)21-16/h1-6,11H,7-10,12H2,(H,21,24). The minimum Gasteiger partial charge on any atom is -0.366 e. The first-order chi connectivity index (χ1) is 12.1. The van der Waals surface area contributed by atoms with Crippen LogP contribution >= 0.6 is 0 Å². The van der Waals surface area contributed by atoms with E-state index in [1.54, 1.807) is 35.2 Å². The molecule has 1 N–H and O–H groups in total. The Labute approximate surface area is 145 Å². The second-order valence-electron chi connectivity index (χ2n) is 6.33. The number of hydrogen-bond donors (Lipinski definition) is 1. The van der Waals surface area contributed by atoms with E-state index in [0.717, 1.165) is 11.3 Å². The van der Waals surface area contributed by atoms with Gasteiger partial charge in [0.15, 0.2) is 0 Å². The number of benzene rings is 2. The second kappa shape index (κ2) is 6.20. The number of nitrogens with one attached hydrogen (secondary N) is 1. The number of fused-ring (bicyclic) bond motifs is 1. The predicted octanol–water partition coefficient (Wildman–Crippen LogP) is 2.28. The van der Waals surface area contributed by atoms with Gasteiger partial charge in [-0.3, -0.25) is 9.59 Å². The van der Waals surface area contributed by atoms with Gasteiger partial charge < -0.3 is 15.1 Å². The Morgan fingerprint density at radius 1 is 1.04 bits per heavy atom. The topological polar surface area (TPSA) is 52.7 Å². The summed E-state index contributed by atoms with van der Waals surface area (Å²) < 4.78 is 13.9. The van der Waals surface area contributed by atoms with E-state index in [0.29, 0.717) is 43.9 Å². The van der Waals surface area contributed by atoms with E-state index in [2.05, 4.69) is 5.32 Å². The largest absolute Gasteiger partial charge is 0.366 e. The van der Waals surface area contributed by atoms with Crippen LogP contribution in [0.1, 0.15) is 15.9 Å². The number of anilines is 2. The lowest BCUT2D eigenvalue weighted by atomic mass is 10.1. The third-order valence-electron chi connectivity index (χ3n) is 4.74. The lowest BCUT2D eigenvalue weighted by molar-refractivity contribution is -0.115. The van der Waals surface area contributed by atoms with E-state index in [1.165, 1.54) is 6.07 Å². The third-order valence-corrected chi connectivity index (χ3v) is 4.74. The Morgan fingerprint density at radius 2 is 1.80 bits per heavy atom. The van der Waals surface area contributed by atoms with Crippen molar-refractivity contribution in [3.8, 4) is 0 Å². The average Bonchev–Trinajstić information content (AvgIpc) is 3.01. The molecule has 2 heterocycles. The van der Waals surface area contributed by atoms with Crippen molar-refractivity contribution in [1.29, 1.82) is 0 Å². The van der Waals surface area contributed by atoms with Gasteiger partial charge in [-0.1, -0.05) is 12.1 Å². The number of amides is 2. The SMILES string of the molecule is O=C1Cc2cc(C(=O)N3CCN(c4ccccc4F)CC3)ccc2N1. The summed E-state index contributed by atoms with van der Waals surface area (Å²) in [7, 11) is 0. The molecule has 0 aliphatic carbocycles. The van der Waals surface area contributed by atoms with Crippen LogP contribution in [0.15, 0.2) is 42.5 Å². The highest BCUT2D eigenvalue weighted by Crippen LogP contribution is 2.25. The summed E-state index contributed by atoms with van der Waals surface area (Å²) >= 11 is 0. The fourth-order valence-corrected chi connectivity index (χ4v) is 3.40. The Morgan fingerprint density at radius 3 is 2.56 bits per heavy atom. The highest BCUT2D eigenvalue weighted by Gasteiger charge is 2.25. The molecule has 128 valence electrons. The Kier molecular flexibility index (Phi) is 3.87. The van der Waals surface area contributed by atoms with Crippen molar-refractivity contribution in [2.75, 3.05) is 36.4 Å². The maximum atomic E-state index is 13.9. The number of piperazine rings is 1. The monoisotopic (exact) mass is 339 g/mol. The first-order valence-corrected chi connectivity index (χ1v) is 8.33. The number of halogens is 1. The van der Waals surface area contributed by atoms with Crippen LogP contribution in [-0.4, -0.2) is 42.9 Å². The molecular formula is C19H18FN3O2. The number of nitrogens with zero attached hydrogens (tertiary/aromatic N) is 2. The zero-order valence-corrected chi connectivity index (χ0v) is 13.7. The Hall–Kier alpha value is -2.89. The Balaban J connectivity index is 1.44. The summed E-state index contributed by atoms with van der Waals surface area (Å²) in [4.78, 5) is 27.9. The predicted molar refractivity (Wildman–Crippen MR) is 93.3 cm³/mol. The van der Waals surface area contributed by atoms with Crippen molar-refractivity contribution in [2.45, 2.75) is 6.42 Å². The molecule has 2 aromatic carbocycles. The van der Waals surface area contributed by atoms with E-state index in [-0.39, 0.29) is 17.6 Å². The summed E-state index contributed by atoms with van der Waals surface area (Å²) in [6.07, 6.45) is 0.317. The lowest BCUT2D eigenvalue weighted by Crippen LogP contribution is -2.49. The normalized spacial score (nSPS) is 16.6. The van der Waals surface area contributed by atoms with Gasteiger partial charge in [-0.2, -0.15) is 0 Å². The second-order valence-corrected chi connectivity index (χ2v) is 6.33. The van der Waals surface area contributed by atoms with Crippen LogP contribution < -0.4 is 10.2 Å². The number of rotatable bonds is 2. The van der Waals surface area contributed by atoms with Gasteiger partial charge in [0.25, 0.3) is 5.91 Å². The van der Waals surface area contributed by atoms with E-state index in [9.17, 15) is 14.0 Å². The van der Waals surface area contributed by atoms with E-state index < -0.39 is 0 Å². The van der Waals surface area contributed by atoms with Gasteiger partial charge in [-0.25, -0.2) is 4.39 Å². The summed E-state index contributed by atoms with van der Waals surface area (Å²) in [6.45, 7) is 2.28. The molecule has 0 bridgehead atoms. The molecule has 0 radical (unpaired) electrons. The smallest absolute Gasteiger partial charge is 0.253 e. The molecule has 2 amide bonds. The molecule has 0 spiro atoms. The molecule has 0 unspecified atom stereocenters.